The van der Waals surface area contributed by atoms with Gasteiger partial charge < -0.3 is 4.57 Å². The summed E-state index contributed by atoms with van der Waals surface area (Å²) in [5, 5.41) is 12.9. The Labute approximate surface area is 206 Å². The summed E-state index contributed by atoms with van der Waals surface area (Å²) in [6, 6.07) is 13.7. The molecule has 4 aromatic rings. The van der Waals surface area contributed by atoms with Gasteiger partial charge in [-0.2, -0.15) is 0 Å². The zero-order valence-electron chi connectivity index (χ0n) is 18.9. The van der Waals surface area contributed by atoms with Crippen LogP contribution in [0.3, 0.4) is 0 Å². The molecule has 0 N–H and O–H groups in total. The van der Waals surface area contributed by atoms with E-state index in [1.165, 1.54) is 11.3 Å². The van der Waals surface area contributed by atoms with E-state index >= 15 is 0 Å². The van der Waals surface area contributed by atoms with Crippen molar-refractivity contribution in [3.8, 4) is 11.4 Å². The molecule has 2 aromatic carbocycles. The Bertz CT molecular complexity index is 1300. The van der Waals surface area contributed by atoms with Gasteiger partial charge in [-0.15, -0.1) is 21.5 Å². The lowest BCUT2D eigenvalue weighted by atomic mass is 10.1. The van der Waals surface area contributed by atoms with Gasteiger partial charge in [0, 0.05) is 35.2 Å². The number of aryl methyl sites for hydroxylation is 2. The molecular formula is C24H24ClN5OS2. The normalized spacial score (nSPS) is 11.1. The van der Waals surface area contributed by atoms with Crippen LogP contribution in [0.2, 0.25) is 5.02 Å². The molecule has 0 atom stereocenters. The van der Waals surface area contributed by atoms with Gasteiger partial charge in [-0.05, 0) is 44.5 Å². The third kappa shape index (κ3) is 5.13. The molecule has 170 valence electrons. The summed E-state index contributed by atoms with van der Waals surface area (Å²) >= 11 is 9.19. The second-order valence-corrected chi connectivity index (χ2v) is 9.83. The van der Waals surface area contributed by atoms with Crippen LogP contribution in [0.25, 0.3) is 11.4 Å². The maximum absolute atomic E-state index is 12.5. The van der Waals surface area contributed by atoms with Crippen molar-refractivity contribution < 1.29 is 4.79 Å². The summed E-state index contributed by atoms with van der Waals surface area (Å²) in [4.78, 5) is 18.9. The Hall–Kier alpha value is -2.68. The molecule has 1 amide bonds. The van der Waals surface area contributed by atoms with Crippen molar-refractivity contribution in [2.45, 2.75) is 45.1 Å². The van der Waals surface area contributed by atoms with Crippen molar-refractivity contribution in [3.05, 3.63) is 69.7 Å². The smallest absolute Gasteiger partial charge is 0.230 e. The van der Waals surface area contributed by atoms with Gasteiger partial charge in [0.2, 0.25) is 5.91 Å². The van der Waals surface area contributed by atoms with Crippen LogP contribution < -0.4 is 4.90 Å². The fourth-order valence-corrected chi connectivity index (χ4v) is 5.66. The maximum atomic E-state index is 12.5. The Morgan fingerprint density at radius 1 is 1.18 bits per heavy atom. The molecule has 0 saturated carbocycles. The Balaban J connectivity index is 1.54. The average Bonchev–Trinajstić information content (AvgIpc) is 3.40. The molecule has 0 aliphatic carbocycles. The van der Waals surface area contributed by atoms with Gasteiger partial charge >= 0.3 is 0 Å². The summed E-state index contributed by atoms with van der Waals surface area (Å²) in [5.74, 6) is 1.36. The summed E-state index contributed by atoms with van der Waals surface area (Å²) < 4.78 is 2.07. The first-order chi connectivity index (χ1) is 15.9. The Morgan fingerprint density at radius 2 is 2.00 bits per heavy atom. The number of hydrogen-bond donors (Lipinski definition) is 0. The molecular weight excluding hydrogens is 474 g/mol. The average molecular weight is 498 g/mol. The van der Waals surface area contributed by atoms with Crippen LogP contribution in [0.15, 0.2) is 53.0 Å². The number of aromatic nitrogens is 4. The van der Waals surface area contributed by atoms with Gasteiger partial charge in [-0.3, -0.25) is 9.69 Å². The minimum absolute atomic E-state index is 0.0626. The van der Waals surface area contributed by atoms with Crippen molar-refractivity contribution in [1.82, 2.24) is 19.7 Å². The number of carbonyl (C=O) groups is 1. The SMILES string of the molecule is CCn1c(SCc2csc(N(C(C)=O)c3ccc(C)cc3C)n2)nnc1-c1cccc(Cl)c1. The fourth-order valence-electron chi connectivity index (χ4n) is 3.59. The Morgan fingerprint density at radius 3 is 2.70 bits per heavy atom. The molecule has 6 nitrogen and oxygen atoms in total. The zero-order chi connectivity index (χ0) is 23.5. The van der Waals surface area contributed by atoms with E-state index < -0.39 is 0 Å². The van der Waals surface area contributed by atoms with Crippen LogP contribution in [0.4, 0.5) is 10.8 Å². The standard InChI is InChI=1S/C24H24ClN5OS2/c1-5-29-22(18-7-6-8-19(25)12-18)27-28-24(29)33-14-20-13-32-23(26-20)30(17(4)31)21-10-9-15(2)11-16(21)3/h6-13H,5,14H2,1-4H3. The van der Waals surface area contributed by atoms with Gasteiger partial charge in [0.15, 0.2) is 16.1 Å². The van der Waals surface area contributed by atoms with Crippen molar-refractivity contribution in [1.29, 1.82) is 0 Å². The highest BCUT2D eigenvalue weighted by Gasteiger charge is 2.20. The van der Waals surface area contributed by atoms with Crippen LogP contribution in [-0.4, -0.2) is 25.7 Å². The molecule has 0 unspecified atom stereocenters. The van der Waals surface area contributed by atoms with Gasteiger partial charge in [0.1, 0.15) is 0 Å². The number of anilines is 2. The number of hydrogen-bond acceptors (Lipinski definition) is 6. The number of nitrogens with zero attached hydrogens (tertiary/aromatic N) is 5. The number of thioether (sulfide) groups is 1. The van der Waals surface area contributed by atoms with E-state index in [1.54, 1.807) is 23.6 Å². The molecule has 2 aromatic heterocycles. The first-order valence-corrected chi connectivity index (χ1v) is 12.8. The summed E-state index contributed by atoms with van der Waals surface area (Å²) in [6.45, 7) is 8.43. The van der Waals surface area contributed by atoms with Crippen LogP contribution >= 0.6 is 34.7 Å². The topological polar surface area (TPSA) is 63.9 Å². The van der Waals surface area contributed by atoms with Crippen molar-refractivity contribution in [2.75, 3.05) is 4.90 Å². The Kier molecular flexibility index (Phi) is 7.17. The molecule has 0 bridgehead atoms. The molecule has 0 spiro atoms. The molecule has 9 heteroatoms. The predicted octanol–water partition coefficient (Wildman–Crippen LogP) is 6.67. The largest absolute Gasteiger partial charge is 0.302 e. The minimum atomic E-state index is -0.0626. The number of benzene rings is 2. The van der Waals surface area contributed by atoms with E-state index in [0.717, 1.165) is 45.6 Å². The van der Waals surface area contributed by atoms with Crippen LogP contribution in [0, 0.1) is 13.8 Å². The number of rotatable bonds is 7. The third-order valence-electron chi connectivity index (χ3n) is 5.10. The van der Waals surface area contributed by atoms with E-state index in [-0.39, 0.29) is 5.91 Å². The summed E-state index contributed by atoms with van der Waals surface area (Å²) in [7, 11) is 0. The number of thiazole rings is 1. The van der Waals surface area contributed by atoms with E-state index in [2.05, 4.69) is 27.8 Å². The van der Waals surface area contributed by atoms with Gasteiger partial charge in [0.25, 0.3) is 0 Å². The second-order valence-electron chi connectivity index (χ2n) is 7.62. The predicted molar refractivity (Wildman–Crippen MR) is 137 cm³/mol. The first-order valence-electron chi connectivity index (χ1n) is 10.5. The van der Waals surface area contributed by atoms with Crippen LogP contribution in [0.5, 0.6) is 0 Å². The fraction of sp³-hybridized carbons (Fsp3) is 0.250. The van der Waals surface area contributed by atoms with Gasteiger partial charge in [-0.25, -0.2) is 4.98 Å². The van der Waals surface area contributed by atoms with Gasteiger partial charge in [-0.1, -0.05) is 53.2 Å². The molecule has 0 fully saturated rings. The molecule has 0 aliphatic rings. The van der Waals surface area contributed by atoms with E-state index in [1.807, 2.05) is 55.6 Å². The highest BCUT2D eigenvalue weighted by Crippen LogP contribution is 2.33. The third-order valence-corrected chi connectivity index (χ3v) is 7.21. The number of carbonyl (C=O) groups excluding carboxylic acids is 1. The van der Waals surface area contributed by atoms with Gasteiger partial charge in [0.05, 0.1) is 11.4 Å². The molecule has 0 saturated heterocycles. The van der Waals surface area contributed by atoms with Crippen LogP contribution in [-0.2, 0) is 17.1 Å². The van der Waals surface area contributed by atoms with Crippen molar-refractivity contribution in [2.24, 2.45) is 0 Å². The molecule has 2 heterocycles. The number of amides is 1. The lowest BCUT2D eigenvalue weighted by Crippen LogP contribution is -2.23. The van der Waals surface area contributed by atoms with E-state index in [0.29, 0.717) is 15.9 Å². The summed E-state index contributed by atoms with van der Waals surface area (Å²) in [5.41, 5.74) is 4.89. The lowest BCUT2D eigenvalue weighted by molar-refractivity contribution is -0.115. The quantitative estimate of drug-likeness (QED) is 0.267. The highest BCUT2D eigenvalue weighted by atomic mass is 35.5. The molecule has 0 aliphatic heterocycles. The van der Waals surface area contributed by atoms with Crippen molar-refractivity contribution >= 4 is 51.4 Å². The summed E-state index contributed by atoms with van der Waals surface area (Å²) in [6.07, 6.45) is 0. The molecule has 0 radical (unpaired) electrons. The van der Waals surface area contributed by atoms with Crippen LogP contribution in [0.1, 0.15) is 30.7 Å². The lowest BCUT2D eigenvalue weighted by Gasteiger charge is -2.20. The highest BCUT2D eigenvalue weighted by molar-refractivity contribution is 7.98. The van der Waals surface area contributed by atoms with E-state index in [9.17, 15) is 4.79 Å². The minimum Gasteiger partial charge on any atom is -0.302 e. The monoisotopic (exact) mass is 497 g/mol. The molecule has 33 heavy (non-hydrogen) atoms. The first kappa shape index (κ1) is 23.5. The zero-order valence-corrected chi connectivity index (χ0v) is 21.3. The van der Waals surface area contributed by atoms with Crippen molar-refractivity contribution in [3.63, 3.8) is 0 Å². The van der Waals surface area contributed by atoms with E-state index in [4.69, 9.17) is 16.6 Å². The number of halogens is 1. The second kappa shape index (κ2) is 10.1. The molecule has 4 rings (SSSR count). The maximum Gasteiger partial charge on any atom is 0.230 e.